The molecule has 2 aromatic rings. The molecule has 65 valence electrons. The van der Waals surface area contributed by atoms with E-state index in [1.807, 2.05) is 30.3 Å². The molecule has 0 spiro atoms. The normalized spacial score (nSPS) is 9.85. The molecule has 0 fully saturated rings. The van der Waals surface area contributed by atoms with Crippen LogP contribution in [-0.2, 0) is 6.61 Å². The highest BCUT2D eigenvalue weighted by atomic mass is 16.7. The Labute approximate surface area is 75.7 Å². The van der Waals surface area contributed by atoms with Gasteiger partial charge in [-0.2, -0.15) is 0 Å². The minimum absolute atomic E-state index is 0.473. The zero-order valence-electron chi connectivity index (χ0n) is 6.92. The first kappa shape index (κ1) is 7.79. The van der Waals surface area contributed by atoms with Gasteiger partial charge in [-0.05, 0) is 10.8 Å². The molecule has 1 heterocycles. The lowest BCUT2D eigenvalue weighted by Crippen LogP contribution is -2.11. The Morgan fingerprint density at radius 2 is 2.15 bits per heavy atom. The van der Waals surface area contributed by atoms with Gasteiger partial charge >= 0.3 is 0 Å². The van der Waals surface area contributed by atoms with Gasteiger partial charge in [0.25, 0.3) is 0 Å². The molecule has 0 N–H and O–H groups in total. The number of hydrogen-bond acceptors (Lipinski definition) is 3. The molecule has 0 atom stereocenters. The van der Waals surface area contributed by atoms with Crippen LogP contribution in [0.25, 0.3) is 0 Å². The molecule has 0 amide bonds. The molecule has 1 radical (unpaired) electrons. The lowest BCUT2D eigenvalue weighted by molar-refractivity contribution is 0.0645. The topological polar surface area (TPSA) is 39.9 Å². The van der Waals surface area contributed by atoms with Crippen molar-refractivity contribution in [3.05, 3.63) is 48.3 Å². The van der Waals surface area contributed by atoms with E-state index in [4.69, 9.17) is 4.84 Å². The fourth-order valence-electron chi connectivity index (χ4n) is 0.947. The van der Waals surface area contributed by atoms with Crippen molar-refractivity contribution in [3.8, 4) is 0 Å². The molecular formula is C9H8N3O. The van der Waals surface area contributed by atoms with Crippen molar-refractivity contribution in [2.24, 2.45) is 0 Å². The second kappa shape index (κ2) is 3.71. The predicted molar refractivity (Wildman–Crippen MR) is 45.6 cm³/mol. The highest BCUT2D eigenvalue weighted by molar-refractivity contribution is 5.13. The summed E-state index contributed by atoms with van der Waals surface area (Å²) in [5.41, 5.74) is 1.09. The monoisotopic (exact) mass is 174 g/mol. The fraction of sp³-hybridized carbons (Fsp3) is 0.111. The highest BCUT2D eigenvalue weighted by Crippen LogP contribution is 1.97. The van der Waals surface area contributed by atoms with Gasteiger partial charge in [0.15, 0.2) is 6.20 Å². The number of rotatable bonds is 3. The third-order valence-electron chi connectivity index (χ3n) is 1.56. The van der Waals surface area contributed by atoms with Crippen molar-refractivity contribution < 1.29 is 4.84 Å². The molecule has 0 aliphatic heterocycles. The average molecular weight is 174 g/mol. The van der Waals surface area contributed by atoms with Crippen LogP contribution in [0.4, 0.5) is 0 Å². The summed E-state index contributed by atoms with van der Waals surface area (Å²) in [6.45, 7) is 0.473. The predicted octanol–water partition coefficient (Wildman–Crippen LogP) is 0.707. The molecular weight excluding hydrogens is 166 g/mol. The lowest BCUT2D eigenvalue weighted by atomic mass is 10.2. The Hall–Kier alpha value is -1.84. The fourth-order valence-corrected chi connectivity index (χ4v) is 0.947. The average Bonchev–Trinajstić information content (AvgIpc) is 2.69. The summed E-state index contributed by atoms with van der Waals surface area (Å²) in [6.07, 6.45) is 4.13. The number of nitrogens with zero attached hydrogens (tertiary/aromatic N) is 3. The lowest BCUT2D eigenvalue weighted by Gasteiger charge is -2.02. The summed E-state index contributed by atoms with van der Waals surface area (Å²) in [5, 5.41) is 7.19. The standard InChI is InChI=1S/C9H8N3O/c1-2-4-9(5-3-1)8-13-12-7-6-10-11-12/h1-6H,8H2. The summed E-state index contributed by atoms with van der Waals surface area (Å²) in [4.78, 5) is 6.43. The smallest absolute Gasteiger partial charge is 0.154 e. The zero-order valence-corrected chi connectivity index (χ0v) is 6.92. The Morgan fingerprint density at radius 3 is 2.85 bits per heavy atom. The van der Waals surface area contributed by atoms with Crippen LogP contribution in [0.3, 0.4) is 0 Å². The minimum atomic E-state index is 0.473. The molecule has 0 aliphatic carbocycles. The Bertz CT molecular complexity index is 344. The van der Waals surface area contributed by atoms with Crippen LogP contribution in [0.15, 0.2) is 36.5 Å². The SMILES string of the molecule is [c]1cnnn1OCc1ccccc1. The number of aromatic nitrogens is 3. The first-order chi connectivity index (χ1) is 6.45. The molecule has 0 unspecified atom stereocenters. The molecule has 4 nitrogen and oxygen atoms in total. The van der Waals surface area contributed by atoms with E-state index in [9.17, 15) is 0 Å². The molecule has 0 bridgehead atoms. The van der Waals surface area contributed by atoms with Gasteiger partial charge in [-0.3, -0.25) is 0 Å². The summed E-state index contributed by atoms with van der Waals surface area (Å²) in [6, 6.07) is 9.85. The van der Waals surface area contributed by atoms with E-state index in [1.165, 1.54) is 11.0 Å². The van der Waals surface area contributed by atoms with Gasteiger partial charge in [0, 0.05) is 0 Å². The molecule has 0 aliphatic rings. The van der Waals surface area contributed by atoms with Crippen molar-refractivity contribution in [2.45, 2.75) is 6.61 Å². The van der Waals surface area contributed by atoms with Gasteiger partial charge in [-0.1, -0.05) is 35.2 Å². The molecule has 13 heavy (non-hydrogen) atoms. The third-order valence-corrected chi connectivity index (χ3v) is 1.56. The minimum Gasteiger partial charge on any atom is -0.390 e. The van der Waals surface area contributed by atoms with Crippen LogP contribution in [-0.4, -0.2) is 15.2 Å². The maximum absolute atomic E-state index is 5.22. The first-order valence-corrected chi connectivity index (χ1v) is 3.91. The van der Waals surface area contributed by atoms with Crippen LogP contribution in [0.5, 0.6) is 0 Å². The maximum atomic E-state index is 5.22. The highest BCUT2D eigenvalue weighted by Gasteiger charge is 1.93. The first-order valence-electron chi connectivity index (χ1n) is 3.91. The number of hydrogen-bond donors (Lipinski definition) is 0. The van der Waals surface area contributed by atoms with Gasteiger partial charge in [0.05, 0.1) is 6.20 Å². The molecule has 2 rings (SSSR count). The quantitative estimate of drug-likeness (QED) is 0.687. The van der Waals surface area contributed by atoms with Crippen molar-refractivity contribution in [1.82, 2.24) is 15.2 Å². The Kier molecular flexibility index (Phi) is 2.22. The van der Waals surface area contributed by atoms with Gasteiger partial charge < -0.3 is 4.84 Å². The van der Waals surface area contributed by atoms with E-state index in [0.29, 0.717) is 6.61 Å². The maximum Gasteiger partial charge on any atom is 0.154 e. The van der Waals surface area contributed by atoms with Crippen LogP contribution < -0.4 is 4.84 Å². The number of benzene rings is 1. The van der Waals surface area contributed by atoms with Crippen LogP contribution in [0.1, 0.15) is 5.56 Å². The van der Waals surface area contributed by atoms with Gasteiger partial charge in [-0.15, -0.1) is 5.10 Å². The van der Waals surface area contributed by atoms with E-state index in [0.717, 1.165) is 5.56 Å². The van der Waals surface area contributed by atoms with Crippen molar-refractivity contribution >= 4 is 0 Å². The zero-order chi connectivity index (χ0) is 8.93. The van der Waals surface area contributed by atoms with E-state index < -0.39 is 0 Å². The molecule has 0 saturated heterocycles. The van der Waals surface area contributed by atoms with Gasteiger partial charge in [-0.25, -0.2) is 0 Å². The summed E-state index contributed by atoms with van der Waals surface area (Å²) < 4.78 is 0. The van der Waals surface area contributed by atoms with Crippen molar-refractivity contribution in [1.29, 1.82) is 0 Å². The van der Waals surface area contributed by atoms with E-state index in [1.54, 1.807) is 0 Å². The summed E-state index contributed by atoms with van der Waals surface area (Å²) >= 11 is 0. The Morgan fingerprint density at radius 1 is 1.31 bits per heavy atom. The molecule has 4 heteroatoms. The van der Waals surface area contributed by atoms with Gasteiger partial charge in [0.2, 0.25) is 0 Å². The van der Waals surface area contributed by atoms with Crippen LogP contribution in [0.2, 0.25) is 0 Å². The largest absolute Gasteiger partial charge is 0.390 e. The summed E-state index contributed by atoms with van der Waals surface area (Å²) in [7, 11) is 0. The Balaban J connectivity index is 1.94. The van der Waals surface area contributed by atoms with Crippen LogP contribution >= 0.6 is 0 Å². The molecule has 0 saturated carbocycles. The van der Waals surface area contributed by atoms with Crippen molar-refractivity contribution in [3.63, 3.8) is 0 Å². The second-order valence-electron chi connectivity index (χ2n) is 2.50. The van der Waals surface area contributed by atoms with E-state index in [2.05, 4.69) is 16.5 Å². The van der Waals surface area contributed by atoms with E-state index in [-0.39, 0.29) is 0 Å². The third kappa shape index (κ3) is 2.05. The van der Waals surface area contributed by atoms with Crippen LogP contribution in [0, 0.1) is 6.20 Å². The van der Waals surface area contributed by atoms with E-state index >= 15 is 0 Å². The second-order valence-corrected chi connectivity index (χ2v) is 2.50. The summed E-state index contributed by atoms with van der Waals surface area (Å²) in [5.74, 6) is 0. The van der Waals surface area contributed by atoms with Gasteiger partial charge in [0.1, 0.15) is 6.61 Å². The molecule has 1 aromatic heterocycles. The van der Waals surface area contributed by atoms with Crippen molar-refractivity contribution in [2.75, 3.05) is 0 Å². The molecule has 1 aromatic carbocycles.